The molecule has 0 N–H and O–H groups in total. The standard InChI is InChI=1S/C36H27BS/c1-27-15-13-22-31(28-16-5-2-6-17-28)32-23-14-26-35-36(32)37(27)33-24-11-12-25-34(33)38(35,29-18-7-3-8-19-29)30-20-9-4-10-21-30/h2-26H,1H2/b15-13-,31-22-. The monoisotopic (exact) mass is 502 g/mol. The minimum Gasteiger partial charge on any atom is -0.134 e. The summed E-state index contributed by atoms with van der Waals surface area (Å²) in [5.41, 5.74) is 7.66. The van der Waals surface area contributed by atoms with E-state index in [2.05, 4.69) is 158 Å². The van der Waals surface area contributed by atoms with Gasteiger partial charge < -0.3 is 0 Å². The average molecular weight is 502 g/mol. The molecule has 0 atom stereocenters. The van der Waals surface area contributed by atoms with Crippen LogP contribution in [0.15, 0.2) is 183 Å². The van der Waals surface area contributed by atoms with Gasteiger partial charge in [-0.05, 0) is 68.4 Å². The Hall–Kier alpha value is -4.27. The first-order valence-corrected chi connectivity index (χ1v) is 14.7. The van der Waals surface area contributed by atoms with Crippen LogP contribution in [0.4, 0.5) is 0 Å². The van der Waals surface area contributed by atoms with Gasteiger partial charge in [0.25, 0.3) is 0 Å². The summed E-state index contributed by atoms with van der Waals surface area (Å²) in [6, 6.07) is 49.1. The highest BCUT2D eigenvalue weighted by Crippen LogP contribution is 2.73. The first-order valence-electron chi connectivity index (χ1n) is 13.1. The minimum absolute atomic E-state index is 0.0918. The molecule has 0 amide bonds. The average Bonchev–Trinajstić information content (AvgIpc) is 2.98. The maximum atomic E-state index is 4.63. The third-order valence-corrected chi connectivity index (χ3v) is 11.8. The molecule has 0 bridgehead atoms. The number of fused-ring (bicyclic) bond motifs is 2. The van der Waals surface area contributed by atoms with Gasteiger partial charge in [0.1, 0.15) is 0 Å². The van der Waals surface area contributed by atoms with Crippen molar-refractivity contribution in [1.82, 2.24) is 0 Å². The maximum absolute atomic E-state index is 4.63. The summed E-state index contributed by atoms with van der Waals surface area (Å²) in [6.45, 7) is 4.72. The second kappa shape index (κ2) is 9.24. The minimum atomic E-state index is -1.75. The highest BCUT2D eigenvalue weighted by Gasteiger charge is 2.45. The normalized spacial score (nSPS) is 18.2. The molecule has 5 aromatic rings. The van der Waals surface area contributed by atoms with Crippen LogP contribution >= 0.6 is 10.0 Å². The van der Waals surface area contributed by atoms with E-state index in [1.807, 2.05) is 0 Å². The van der Waals surface area contributed by atoms with Crippen LogP contribution in [0.2, 0.25) is 0 Å². The molecule has 2 heterocycles. The highest BCUT2D eigenvalue weighted by molar-refractivity contribution is 8.34. The lowest BCUT2D eigenvalue weighted by atomic mass is 9.35. The Kier molecular flexibility index (Phi) is 5.57. The van der Waals surface area contributed by atoms with E-state index in [1.165, 1.54) is 47.2 Å². The van der Waals surface area contributed by atoms with Crippen molar-refractivity contribution in [3.8, 4) is 0 Å². The van der Waals surface area contributed by atoms with E-state index in [1.54, 1.807) is 0 Å². The van der Waals surface area contributed by atoms with Gasteiger partial charge >= 0.3 is 0 Å². The molecule has 0 unspecified atom stereocenters. The fourth-order valence-corrected chi connectivity index (χ4v) is 10.5. The molecule has 0 spiro atoms. The van der Waals surface area contributed by atoms with Crippen molar-refractivity contribution in [2.24, 2.45) is 0 Å². The molecule has 2 aliphatic rings. The van der Waals surface area contributed by atoms with Crippen molar-refractivity contribution in [3.63, 3.8) is 0 Å². The molecule has 0 nitrogen and oxygen atoms in total. The Morgan fingerprint density at radius 2 is 1.13 bits per heavy atom. The zero-order chi connectivity index (χ0) is 25.5. The molecule has 7 rings (SSSR count). The number of rotatable bonds is 3. The Bertz CT molecular complexity index is 1680. The van der Waals surface area contributed by atoms with Gasteiger partial charge in [0.15, 0.2) is 0 Å². The first kappa shape index (κ1) is 22.9. The molecule has 0 radical (unpaired) electrons. The van der Waals surface area contributed by atoms with Gasteiger partial charge in [-0.1, -0.05) is 126 Å². The van der Waals surface area contributed by atoms with Gasteiger partial charge in [-0.15, -0.1) is 16.6 Å². The van der Waals surface area contributed by atoms with Crippen LogP contribution in [0, 0.1) is 0 Å². The molecule has 5 aromatic carbocycles. The Morgan fingerprint density at radius 3 is 1.82 bits per heavy atom. The van der Waals surface area contributed by atoms with Crippen molar-refractivity contribution in [3.05, 3.63) is 175 Å². The van der Waals surface area contributed by atoms with Crippen LogP contribution in [0.25, 0.3) is 5.57 Å². The molecule has 2 aliphatic heterocycles. The number of hydrogen-bond acceptors (Lipinski definition) is 0. The van der Waals surface area contributed by atoms with E-state index in [0.717, 1.165) is 5.47 Å². The van der Waals surface area contributed by atoms with Crippen molar-refractivity contribution < 1.29 is 0 Å². The fraction of sp³-hybridized carbons (Fsp3) is 0. The van der Waals surface area contributed by atoms with Crippen molar-refractivity contribution >= 4 is 33.2 Å². The molecule has 180 valence electrons. The van der Waals surface area contributed by atoms with Crippen LogP contribution in [0.1, 0.15) is 11.1 Å². The van der Waals surface area contributed by atoms with Gasteiger partial charge in [-0.3, -0.25) is 0 Å². The predicted octanol–water partition coefficient (Wildman–Crippen LogP) is 8.05. The van der Waals surface area contributed by atoms with Crippen molar-refractivity contribution in [2.45, 2.75) is 19.6 Å². The summed E-state index contributed by atoms with van der Waals surface area (Å²) in [4.78, 5) is 5.54. The summed E-state index contributed by atoms with van der Waals surface area (Å²) in [6.07, 6.45) is 6.64. The van der Waals surface area contributed by atoms with E-state index in [0.29, 0.717) is 0 Å². The zero-order valence-corrected chi connectivity index (χ0v) is 21.9. The fourth-order valence-electron chi connectivity index (χ4n) is 6.22. The molecule has 38 heavy (non-hydrogen) atoms. The molecular formula is C36H27BS. The molecule has 0 aliphatic carbocycles. The second-order valence-corrected chi connectivity index (χ2v) is 12.9. The quantitative estimate of drug-likeness (QED) is 0.219. The maximum Gasteiger partial charge on any atom is 0.244 e. The van der Waals surface area contributed by atoms with Crippen molar-refractivity contribution in [1.29, 1.82) is 0 Å². The van der Waals surface area contributed by atoms with E-state index >= 15 is 0 Å². The van der Waals surface area contributed by atoms with E-state index in [4.69, 9.17) is 0 Å². The zero-order valence-electron chi connectivity index (χ0n) is 21.1. The molecule has 0 saturated heterocycles. The van der Waals surface area contributed by atoms with E-state index in [9.17, 15) is 0 Å². The topological polar surface area (TPSA) is 0 Å². The predicted molar refractivity (Wildman–Crippen MR) is 163 cm³/mol. The van der Waals surface area contributed by atoms with Crippen LogP contribution in [-0.4, -0.2) is 6.71 Å². The lowest BCUT2D eigenvalue weighted by Crippen LogP contribution is -2.52. The Morgan fingerprint density at radius 1 is 0.553 bits per heavy atom. The van der Waals surface area contributed by atoms with Crippen LogP contribution in [0.5, 0.6) is 0 Å². The first-order chi connectivity index (χ1) is 18.8. The third kappa shape index (κ3) is 3.34. The summed E-state index contributed by atoms with van der Waals surface area (Å²) in [5.74, 6) is 0. The van der Waals surface area contributed by atoms with Gasteiger partial charge in [0, 0.05) is 9.79 Å². The lowest BCUT2D eigenvalue weighted by molar-refractivity contribution is 1.25. The second-order valence-electron chi connectivity index (χ2n) is 9.81. The van der Waals surface area contributed by atoms with Gasteiger partial charge in [0.2, 0.25) is 6.71 Å². The molecule has 0 aromatic heterocycles. The number of benzene rings is 5. The summed E-state index contributed by atoms with van der Waals surface area (Å²) in [5, 5.41) is 0. The highest BCUT2D eigenvalue weighted by atomic mass is 32.3. The van der Waals surface area contributed by atoms with Gasteiger partial charge in [-0.25, -0.2) is 0 Å². The smallest absolute Gasteiger partial charge is 0.134 e. The molecular weight excluding hydrogens is 475 g/mol. The SMILES string of the molecule is C=C1/C=C\C=C(\c2ccccc2)c2cccc3c2B1c1ccccc1S3(c1ccccc1)c1ccccc1. The van der Waals surface area contributed by atoms with E-state index in [-0.39, 0.29) is 6.71 Å². The van der Waals surface area contributed by atoms with Gasteiger partial charge in [0.05, 0.1) is 0 Å². The van der Waals surface area contributed by atoms with E-state index < -0.39 is 10.0 Å². The van der Waals surface area contributed by atoms with Gasteiger partial charge in [-0.2, -0.15) is 0 Å². The van der Waals surface area contributed by atoms with Crippen LogP contribution < -0.4 is 10.9 Å². The Balaban J connectivity index is 1.67. The molecule has 2 heteroatoms. The van der Waals surface area contributed by atoms with Crippen molar-refractivity contribution in [2.75, 3.05) is 0 Å². The summed E-state index contributed by atoms with van der Waals surface area (Å²) >= 11 is 0. The molecule has 0 fully saturated rings. The summed E-state index contributed by atoms with van der Waals surface area (Å²) < 4.78 is 0. The number of allylic oxidation sites excluding steroid dienone is 4. The Labute approximate surface area is 227 Å². The van der Waals surface area contributed by atoms with Crippen LogP contribution in [0.3, 0.4) is 0 Å². The number of hydrogen-bond donors (Lipinski definition) is 0. The third-order valence-electron chi connectivity index (χ3n) is 7.76. The molecule has 0 saturated carbocycles. The largest absolute Gasteiger partial charge is 0.244 e. The lowest BCUT2D eigenvalue weighted by Gasteiger charge is -2.49. The van der Waals surface area contributed by atoms with Crippen LogP contribution in [-0.2, 0) is 0 Å². The summed E-state index contributed by atoms with van der Waals surface area (Å²) in [7, 11) is -1.75.